The smallest absolute Gasteiger partial charge is 0.314 e. The highest BCUT2D eigenvalue weighted by molar-refractivity contribution is 7.90. The average Bonchev–Trinajstić information content (AvgIpc) is 2.77. The van der Waals surface area contributed by atoms with E-state index >= 15 is 0 Å². The van der Waals surface area contributed by atoms with Gasteiger partial charge in [0.25, 0.3) is 0 Å². The molecular formula is C13H15FO4S. The van der Waals surface area contributed by atoms with Crippen LogP contribution in [0, 0.1) is 5.82 Å². The zero-order chi connectivity index (χ0) is 14.3. The summed E-state index contributed by atoms with van der Waals surface area (Å²) >= 11 is 0. The summed E-state index contributed by atoms with van der Waals surface area (Å²) in [5, 5.41) is 9.39. The monoisotopic (exact) mass is 286 g/mol. The minimum Gasteiger partial charge on any atom is -0.481 e. The lowest BCUT2D eigenvalue weighted by Crippen LogP contribution is -2.33. The molecule has 6 heteroatoms. The molecule has 0 aliphatic heterocycles. The molecule has 1 aliphatic rings. The van der Waals surface area contributed by atoms with Crippen molar-refractivity contribution in [3.8, 4) is 0 Å². The Labute approximate surface area is 111 Å². The third-order valence-electron chi connectivity index (χ3n) is 3.75. The predicted molar refractivity (Wildman–Crippen MR) is 67.3 cm³/mol. The fourth-order valence-corrected chi connectivity index (χ4v) is 3.32. The number of halogens is 1. The number of hydrogen-bond acceptors (Lipinski definition) is 3. The zero-order valence-corrected chi connectivity index (χ0v) is 11.3. The van der Waals surface area contributed by atoms with Crippen LogP contribution in [-0.2, 0) is 20.0 Å². The number of carboxylic acid groups (broad SMARTS) is 1. The second-order valence-electron chi connectivity index (χ2n) is 5.01. The molecule has 19 heavy (non-hydrogen) atoms. The number of carbonyl (C=O) groups is 1. The Morgan fingerprint density at radius 1 is 1.32 bits per heavy atom. The van der Waals surface area contributed by atoms with E-state index in [4.69, 9.17) is 0 Å². The van der Waals surface area contributed by atoms with Crippen molar-refractivity contribution in [3.05, 3.63) is 29.6 Å². The summed E-state index contributed by atoms with van der Waals surface area (Å²) in [4.78, 5) is 11.3. The molecule has 1 aliphatic carbocycles. The number of aliphatic carboxylic acids is 1. The van der Waals surface area contributed by atoms with Crippen molar-refractivity contribution in [2.45, 2.75) is 36.0 Å². The van der Waals surface area contributed by atoms with Crippen LogP contribution >= 0.6 is 0 Å². The molecule has 104 valence electrons. The van der Waals surface area contributed by atoms with Gasteiger partial charge in [0, 0.05) is 11.8 Å². The van der Waals surface area contributed by atoms with Crippen LogP contribution in [0.4, 0.5) is 4.39 Å². The first-order valence-corrected chi connectivity index (χ1v) is 7.90. The minimum absolute atomic E-state index is 0.0879. The molecule has 1 aromatic carbocycles. The summed E-state index contributed by atoms with van der Waals surface area (Å²) in [6, 6.07) is 3.48. The summed E-state index contributed by atoms with van der Waals surface area (Å²) in [5.74, 6) is -1.80. The van der Waals surface area contributed by atoms with Crippen molar-refractivity contribution >= 4 is 15.8 Å². The molecule has 0 heterocycles. The molecule has 1 saturated carbocycles. The Kier molecular flexibility index (Phi) is 3.38. The largest absolute Gasteiger partial charge is 0.481 e. The fourth-order valence-electron chi connectivity index (χ4n) is 2.69. The molecule has 0 amide bonds. The maximum Gasteiger partial charge on any atom is 0.314 e. The number of carboxylic acids is 1. The summed E-state index contributed by atoms with van der Waals surface area (Å²) in [7, 11) is -3.49. The quantitative estimate of drug-likeness (QED) is 0.924. The maximum atomic E-state index is 14.1. The van der Waals surface area contributed by atoms with E-state index < -0.39 is 27.0 Å². The molecule has 0 spiro atoms. The van der Waals surface area contributed by atoms with Crippen LogP contribution < -0.4 is 0 Å². The third kappa shape index (κ3) is 2.36. The van der Waals surface area contributed by atoms with Gasteiger partial charge in [0.15, 0.2) is 9.84 Å². The molecule has 0 unspecified atom stereocenters. The summed E-state index contributed by atoms with van der Waals surface area (Å²) < 4.78 is 36.8. The SMILES string of the molecule is CS(=O)(=O)c1ccc(C2(C(=O)O)CCCC2)c(F)c1. The van der Waals surface area contributed by atoms with Gasteiger partial charge in [-0.05, 0) is 25.0 Å². The third-order valence-corrected chi connectivity index (χ3v) is 4.86. The van der Waals surface area contributed by atoms with Crippen LogP contribution in [0.5, 0.6) is 0 Å². The second kappa shape index (κ2) is 4.59. The number of benzene rings is 1. The molecular weight excluding hydrogens is 271 g/mol. The molecule has 0 bridgehead atoms. The Balaban J connectivity index is 2.55. The van der Waals surface area contributed by atoms with Gasteiger partial charge < -0.3 is 5.11 Å². The standard InChI is InChI=1S/C13H15FO4S/c1-19(17,18)9-4-5-10(11(14)8-9)13(12(15)16)6-2-3-7-13/h4-5,8H,2-3,6-7H2,1H3,(H,15,16). The van der Waals surface area contributed by atoms with E-state index in [1.807, 2.05) is 0 Å². The first kappa shape index (κ1) is 14.0. The highest BCUT2D eigenvalue weighted by atomic mass is 32.2. The summed E-state index contributed by atoms with van der Waals surface area (Å²) in [5.41, 5.74) is -1.12. The van der Waals surface area contributed by atoms with E-state index in [2.05, 4.69) is 0 Å². The molecule has 2 rings (SSSR count). The Hall–Kier alpha value is -1.43. The summed E-state index contributed by atoms with van der Waals surface area (Å²) in [6.07, 6.45) is 3.23. The lowest BCUT2D eigenvalue weighted by molar-refractivity contribution is -0.143. The van der Waals surface area contributed by atoms with Gasteiger partial charge >= 0.3 is 5.97 Å². The number of sulfone groups is 1. The highest BCUT2D eigenvalue weighted by Crippen LogP contribution is 2.42. The van der Waals surface area contributed by atoms with E-state index in [0.717, 1.165) is 25.2 Å². The van der Waals surface area contributed by atoms with E-state index in [-0.39, 0.29) is 10.5 Å². The van der Waals surface area contributed by atoms with E-state index in [1.165, 1.54) is 12.1 Å². The molecule has 4 nitrogen and oxygen atoms in total. The minimum atomic E-state index is -3.49. The lowest BCUT2D eigenvalue weighted by atomic mass is 9.79. The molecule has 1 fully saturated rings. The second-order valence-corrected chi connectivity index (χ2v) is 7.02. The molecule has 0 atom stereocenters. The van der Waals surface area contributed by atoms with Gasteiger partial charge in [0.2, 0.25) is 0 Å². The van der Waals surface area contributed by atoms with Gasteiger partial charge in [-0.3, -0.25) is 4.79 Å². The zero-order valence-electron chi connectivity index (χ0n) is 10.5. The van der Waals surface area contributed by atoms with Crippen molar-refractivity contribution in [1.82, 2.24) is 0 Å². The molecule has 1 aromatic rings. The molecule has 0 aromatic heterocycles. The Bertz CT molecular complexity index is 616. The van der Waals surface area contributed by atoms with E-state index in [1.54, 1.807) is 0 Å². The van der Waals surface area contributed by atoms with Gasteiger partial charge in [-0.25, -0.2) is 12.8 Å². The highest BCUT2D eigenvalue weighted by Gasteiger charge is 2.44. The first-order valence-electron chi connectivity index (χ1n) is 6.01. The summed E-state index contributed by atoms with van der Waals surface area (Å²) in [6.45, 7) is 0. The van der Waals surface area contributed by atoms with Crippen molar-refractivity contribution < 1.29 is 22.7 Å². The molecule has 0 radical (unpaired) electrons. The van der Waals surface area contributed by atoms with Crippen molar-refractivity contribution in [2.75, 3.05) is 6.26 Å². The van der Waals surface area contributed by atoms with Crippen LogP contribution in [0.1, 0.15) is 31.2 Å². The normalized spacial score (nSPS) is 18.4. The molecule has 0 saturated heterocycles. The number of hydrogen-bond donors (Lipinski definition) is 1. The lowest BCUT2D eigenvalue weighted by Gasteiger charge is -2.25. The van der Waals surface area contributed by atoms with E-state index in [9.17, 15) is 22.7 Å². The van der Waals surface area contributed by atoms with Crippen LogP contribution in [0.25, 0.3) is 0 Å². The Morgan fingerprint density at radius 2 is 1.89 bits per heavy atom. The van der Waals surface area contributed by atoms with E-state index in [0.29, 0.717) is 12.8 Å². The topological polar surface area (TPSA) is 71.4 Å². The van der Waals surface area contributed by atoms with Crippen molar-refractivity contribution in [2.24, 2.45) is 0 Å². The Morgan fingerprint density at radius 3 is 2.32 bits per heavy atom. The van der Waals surface area contributed by atoms with Gasteiger partial charge in [-0.15, -0.1) is 0 Å². The van der Waals surface area contributed by atoms with Crippen molar-refractivity contribution in [1.29, 1.82) is 0 Å². The van der Waals surface area contributed by atoms with Gasteiger partial charge in [0.1, 0.15) is 5.82 Å². The molecule has 1 N–H and O–H groups in total. The average molecular weight is 286 g/mol. The van der Waals surface area contributed by atoms with Gasteiger partial charge in [-0.1, -0.05) is 18.9 Å². The maximum absolute atomic E-state index is 14.1. The van der Waals surface area contributed by atoms with Gasteiger partial charge in [0.05, 0.1) is 10.3 Å². The van der Waals surface area contributed by atoms with Crippen molar-refractivity contribution in [3.63, 3.8) is 0 Å². The first-order chi connectivity index (χ1) is 8.77. The fraction of sp³-hybridized carbons (Fsp3) is 0.462. The van der Waals surface area contributed by atoms with Crippen LogP contribution in [0.2, 0.25) is 0 Å². The van der Waals surface area contributed by atoms with Gasteiger partial charge in [-0.2, -0.15) is 0 Å². The predicted octanol–water partition coefficient (Wildman–Crippen LogP) is 2.13. The van der Waals surface area contributed by atoms with Crippen LogP contribution in [-0.4, -0.2) is 25.7 Å². The number of rotatable bonds is 3. The van der Waals surface area contributed by atoms with Crippen LogP contribution in [0.15, 0.2) is 23.1 Å². The van der Waals surface area contributed by atoms with Crippen LogP contribution in [0.3, 0.4) is 0 Å².